The molecule has 0 aliphatic heterocycles. The number of fused-ring (bicyclic) bond motifs is 1. The second-order valence-corrected chi connectivity index (χ2v) is 5.06. The van der Waals surface area contributed by atoms with Crippen LogP contribution in [0.3, 0.4) is 0 Å². The molecule has 0 N–H and O–H groups in total. The number of ketones is 1. The van der Waals surface area contributed by atoms with Gasteiger partial charge in [-0.3, -0.25) is 9.78 Å². The van der Waals surface area contributed by atoms with Crippen LogP contribution in [-0.4, -0.2) is 10.8 Å². The predicted octanol–water partition coefficient (Wildman–Crippen LogP) is 4.08. The molecule has 0 aliphatic carbocycles. The Hall–Kier alpha value is -2.48. The van der Waals surface area contributed by atoms with Crippen LogP contribution in [0.1, 0.15) is 27.0 Å². The molecule has 2 heteroatoms. The van der Waals surface area contributed by atoms with Crippen molar-refractivity contribution in [1.29, 1.82) is 0 Å². The number of hydrogen-bond donors (Lipinski definition) is 0. The average Bonchev–Trinajstić information content (AvgIpc) is 2.46. The molecule has 0 unspecified atom stereocenters. The van der Waals surface area contributed by atoms with Gasteiger partial charge in [-0.25, -0.2) is 0 Å². The second kappa shape index (κ2) is 4.89. The van der Waals surface area contributed by atoms with E-state index in [1.807, 2.05) is 56.3 Å². The minimum absolute atomic E-state index is 0.0341. The zero-order valence-electron chi connectivity index (χ0n) is 11.6. The third-order valence-corrected chi connectivity index (χ3v) is 3.54. The summed E-state index contributed by atoms with van der Waals surface area (Å²) in [6, 6.07) is 13.7. The minimum Gasteiger partial charge on any atom is -0.289 e. The smallest absolute Gasteiger partial charge is 0.195 e. The number of carbonyl (C=O) groups excluding carboxylic acids is 1. The summed E-state index contributed by atoms with van der Waals surface area (Å²) in [5.41, 5.74) is 3.57. The maximum atomic E-state index is 12.8. The van der Waals surface area contributed by atoms with E-state index in [1.165, 1.54) is 0 Å². The molecule has 0 amide bonds. The lowest BCUT2D eigenvalue weighted by Crippen LogP contribution is -2.05. The fraction of sp³-hybridized carbons (Fsp3) is 0.111. The molecular weight excluding hydrogens is 246 g/mol. The summed E-state index contributed by atoms with van der Waals surface area (Å²) >= 11 is 0. The van der Waals surface area contributed by atoms with Crippen molar-refractivity contribution in [3.63, 3.8) is 0 Å². The maximum absolute atomic E-state index is 12.8. The summed E-state index contributed by atoms with van der Waals surface area (Å²) < 4.78 is 0. The molecule has 0 saturated carbocycles. The summed E-state index contributed by atoms with van der Waals surface area (Å²) in [6.45, 7) is 4.00. The molecule has 98 valence electrons. The zero-order valence-corrected chi connectivity index (χ0v) is 11.6. The average molecular weight is 261 g/mol. The van der Waals surface area contributed by atoms with E-state index in [4.69, 9.17) is 0 Å². The van der Waals surface area contributed by atoms with Crippen LogP contribution < -0.4 is 0 Å². The van der Waals surface area contributed by atoms with Crippen molar-refractivity contribution >= 4 is 16.6 Å². The maximum Gasteiger partial charge on any atom is 0.195 e. The molecular formula is C18H15NO. The first kappa shape index (κ1) is 12.5. The number of hydrogen-bond acceptors (Lipinski definition) is 2. The first-order chi connectivity index (χ1) is 9.66. The van der Waals surface area contributed by atoms with Crippen molar-refractivity contribution in [1.82, 2.24) is 4.98 Å². The lowest BCUT2D eigenvalue weighted by atomic mass is 9.96. The molecule has 0 spiro atoms. The molecule has 1 heterocycles. The highest BCUT2D eigenvalue weighted by Gasteiger charge is 2.14. The van der Waals surface area contributed by atoms with Crippen LogP contribution >= 0.6 is 0 Å². The van der Waals surface area contributed by atoms with Crippen LogP contribution in [-0.2, 0) is 0 Å². The number of nitrogens with zero attached hydrogens (tertiary/aromatic N) is 1. The van der Waals surface area contributed by atoms with Crippen LogP contribution in [0.5, 0.6) is 0 Å². The van der Waals surface area contributed by atoms with Gasteiger partial charge in [-0.1, -0.05) is 48.0 Å². The van der Waals surface area contributed by atoms with E-state index in [0.29, 0.717) is 5.56 Å². The minimum atomic E-state index is 0.0341. The normalized spacial score (nSPS) is 10.7. The van der Waals surface area contributed by atoms with Gasteiger partial charge in [0.15, 0.2) is 5.78 Å². The van der Waals surface area contributed by atoms with E-state index in [1.54, 1.807) is 12.4 Å². The predicted molar refractivity (Wildman–Crippen MR) is 81.1 cm³/mol. The van der Waals surface area contributed by atoms with Crippen molar-refractivity contribution < 1.29 is 4.79 Å². The van der Waals surface area contributed by atoms with E-state index in [2.05, 4.69) is 4.98 Å². The Morgan fingerprint density at radius 2 is 1.75 bits per heavy atom. The molecule has 0 aliphatic rings. The fourth-order valence-electron chi connectivity index (χ4n) is 2.51. The van der Waals surface area contributed by atoms with Gasteiger partial charge in [-0.05, 0) is 24.8 Å². The van der Waals surface area contributed by atoms with Crippen LogP contribution in [0.15, 0.2) is 54.9 Å². The van der Waals surface area contributed by atoms with Gasteiger partial charge in [0.05, 0.1) is 0 Å². The van der Waals surface area contributed by atoms with Gasteiger partial charge in [-0.2, -0.15) is 0 Å². The van der Waals surface area contributed by atoms with Crippen LogP contribution in [0, 0.1) is 13.8 Å². The Bertz CT molecular complexity index is 800. The van der Waals surface area contributed by atoms with E-state index < -0.39 is 0 Å². The van der Waals surface area contributed by atoms with Crippen LogP contribution in [0.2, 0.25) is 0 Å². The molecule has 0 radical (unpaired) electrons. The van der Waals surface area contributed by atoms with E-state index in [9.17, 15) is 4.79 Å². The second-order valence-electron chi connectivity index (χ2n) is 5.06. The third-order valence-electron chi connectivity index (χ3n) is 3.54. The monoisotopic (exact) mass is 261 g/mol. The van der Waals surface area contributed by atoms with Gasteiger partial charge >= 0.3 is 0 Å². The summed E-state index contributed by atoms with van der Waals surface area (Å²) in [4.78, 5) is 16.9. The molecule has 20 heavy (non-hydrogen) atoms. The molecule has 0 atom stereocenters. The lowest BCUT2D eigenvalue weighted by molar-refractivity contribution is 0.103. The topological polar surface area (TPSA) is 30.0 Å². The third kappa shape index (κ3) is 2.10. The molecule has 0 bridgehead atoms. The van der Waals surface area contributed by atoms with E-state index >= 15 is 0 Å². The first-order valence-corrected chi connectivity index (χ1v) is 6.61. The highest BCUT2D eigenvalue weighted by molar-refractivity contribution is 6.16. The Morgan fingerprint density at radius 1 is 0.950 bits per heavy atom. The number of rotatable bonds is 2. The summed E-state index contributed by atoms with van der Waals surface area (Å²) in [5.74, 6) is 0.0341. The van der Waals surface area contributed by atoms with Gasteiger partial charge in [0, 0.05) is 28.9 Å². The summed E-state index contributed by atoms with van der Waals surface area (Å²) in [6.07, 6.45) is 3.44. The highest BCUT2D eigenvalue weighted by Crippen LogP contribution is 2.22. The number of benzene rings is 2. The van der Waals surface area contributed by atoms with Gasteiger partial charge in [-0.15, -0.1) is 0 Å². The molecule has 0 fully saturated rings. The Morgan fingerprint density at radius 3 is 2.55 bits per heavy atom. The zero-order chi connectivity index (χ0) is 14.1. The van der Waals surface area contributed by atoms with Gasteiger partial charge in [0.1, 0.15) is 0 Å². The Labute approximate surface area is 118 Å². The van der Waals surface area contributed by atoms with E-state index in [0.717, 1.165) is 27.5 Å². The lowest BCUT2D eigenvalue weighted by Gasteiger charge is -2.08. The van der Waals surface area contributed by atoms with Crippen molar-refractivity contribution in [2.45, 2.75) is 13.8 Å². The largest absolute Gasteiger partial charge is 0.289 e. The number of aromatic nitrogens is 1. The van der Waals surface area contributed by atoms with Crippen molar-refractivity contribution in [3.8, 4) is 0 Å². The van der Waals surface area contributed by atoms with Gasteiger partial charge in [0.2, 0.25) is 0 Å². The number of aryl methyl sites for hydroxylation is 2. The summed E-state index contributed by atoms with van der Waals surface area (Å²) in [7, 11) is 0. The van der Waals surface area contributed by atoms with Crippen molar-refractivity contribution in [3.05, 3.63) is 77.1 Å². The quantitative estimate of drug-likeness (QED) is 0.650. The SMILES string of the molecule is Cc1ccc(C(=O)c2cncc3ccccc23)c(C)c1. The van der Waals surface area contributed by atoms with Gasteiger partial charge in [0.25, 0.3) is 0 Å². The van der Waals surface area contributed by atoms with E-state index in [-0.39, 0.29) is 5.78 Å². The molecule has 2 nitrogen and oxygen atoms in total. The molecule has 3 rings (SSSR count). The standard InChI is InChI=1S/C18H15NO/c1-12-7-8-15(13(2)9-12)18(20)17-11-19-10-14-5-3-4-6-16(14)17/h3-11H,1-2H3. The number of pyridine rings is 1. The summed E-state index contributed by atoms with van der Waals surface area (Å²) in [5, 5.41) is 1.94. The fourth-order valence-corrected chi connectivity index (χ4v) is 2.51. The Kier molecular flexibility index (Phi) is 3.07. The van der Waals surface area contributed by atoms with Crippen LogP contribution in [0.4, 0.5) is 0 Å². The molecule has 1 aromatic heterocycles. The molecule has 2 aromatic carbocycles. The Balaban J connectivity index is 2.18. The molecule has 0 saturated heterocycles. The van der Waals surface area contributed by atoms with Crippen molar-refractivity contribution in [2.75, 3.05) is 0 Å². The highest BCUT2D eigenvalue weighted by atomic mass is 16.1. The number of carbonyl (C=O) groups is 1. The van der Waals surface area contributed by atoms with Crippen molar-refractivity contribution in [2.24, 2.45) is 0 Å². The molecule has 3 aromatic rings. The van der Waals surface area contributed by atoms with Gasteiger partial charge < -0.3 is 0 Å². The van der Waals surface area contributed by atoms with Crippen LogP contribution in [0.25, 0.3) is 10.8 Å². The first-order valence-electron chi connectivity index (χ1n) is 6.61.